The Hall–Kier alpha value is -0.640. The van der Waals surface area contributed by atoms with Crippen LogP contribution in [0.5, 0.6) is 0 Å². The highest BCUT2D eigenvalue weighted by molar-refractivity contribution is 5.85. The van der Waals surface area contributed by atoms with E-state index in [0.717, 1.165) is 13.0 Å². The number of nitrogens with one attached hydrogen (secondary N) is 2. The predicted octanol–water partition coefficient (Wildman–Crippen LogP) is 0.214. The molecule has 0 aromatic heterocycles. The van der Waals surface area contributed by atoms with Gasteiger partial charge in [-0.2, -0.15) is 0 Å². The molecule has 0 unspecified atom stereocenters. The van der Waals surface area contributed by atoms with Crippen molar-refractivity contribution in [3.05, 3.63) is 0 Å². The minimum absolute atomic E-state index is 0.152. The maximum absolute atomic E-state index is 13.7. The van der Waals surface area contributed by atoms with Gasteiger partial charge in [-0.25, -0.2) is 4.39 Å². The van der Waals surface area contributed by atoms with Gasteiger partial charge in [-0.1, -0.05) is 0 Å². The Morgan fingerprint density at radius 3 is 3.00 bits per heavy atom. The van der Waals surface area contributed by atoms with Crippen LogP contribution in [0.15, 0.2) is 0 Å². The first kappa shape index (κ1) is 9.45. The van der Waals surface area contributed by atoms with Crippen molar-refractivity contribution in [3.63, 3.8) is 0 Å². The van der Waals surface area contributed by atoms with Crippen molar-refractivity contribution >= 4 is 5.91 Å². The van der Waals surface area contributed by atoms with Gasteiger partial charge < -0.3 is 10.6 Å². The van der Waals surface area contributed by atoms with E-state index in [1.807, 2.05) is 0 Å². The van der Waals surface area contributed by atoms with E-state index in [-0.39, 0.29) is 6.54 Å². The van der Waals surface area contributed by atoms with Crippen LogP contribution in [0.4, 0.5) is 4.39 Å². The quantitative estimate of drug-likeness (QED) is 0.628. The Bertz CT molecular complexity index is 166. The van der Waals surface area contributed by atoms with Gasteiger partial charge >= 0.3 is 0 Å². The van der Waals surface area contributed by atoms with E-state index < -0.39 is 11.6 Å². The number of carbonyl (C=O) groups excluding carboxylic acids is 1. The number of alkyl halides is 1. The van der Waals surface area contributed by atoms with Crippen molar-refractivity contribution in [2.24, 2.45) is 0 Å². The largest absolute Gasteiger partial charge is 0.354 e. The van der Waals surface area contributed by atoms with Gasteiger partial charge in [0.1, 0.15) is 0 Å². The molecule has 4 heteroatoms. The van der Waals surface area contributed by atoms with Crippen molar-refractivity contribution in [1.82, 2.24) is 10.6 Å². The van der Waals surface area contributed by atoms with Crippen LogP contribution in [0.1, 0.15) is 19.8 Å². The summed E-state index contributed by atoms with van der Waals surface area (Å²) in [6.45, 7) is 3.24. The van der Waals surface area contributed by atoms with Crippen LogP contribution in [0.2, 0.25) is 0 Å². The van der Waals surface area contributed by atoms with Crippen molar-refractivity contribution in [1.29, 1.82) is 0 Å². The zero-order chi connectivity index (χ0) is 9.03. The van der Waals surface area contributed by atoms with Crippen LogP contribution in [-0.2, 0) is 4.79 Å². The summed E-state index contributed by atoms with van der Waals surface area (Å²) in [4.78, 5) is 11.2. The third-order valence-electron chi connectivity index (χ3n) is 2.08. The zero-order valence-electron chi connectivity index (χ0n) is 7.32. The fraction of sp³-hybridized carbons (Fsp3) is 0.875. The summed E-state index contributed by atoms with van der Waals surface area (Å²) in [5.41, 5.74) is -1.67. The first-order valence-corrected chi connectivity index (χ1v) is 4.37. The topological polar surface area (TPSA) is 41.1 Å². The van der Waals surface area contributed by atoms with E-state index in [1.54, 1.807) is 6.92 Å². The van der Waals surface area contributed by atoms with E-state index in [2.05, 4.69) is 10.6 Å². The van der Waals surface area contributed by atoms with Crippen LogP contribution in [-0.4, -0.2) is 31.2 Å². The number of rotatable bonds is 2. The molecule has 1 amide bonds. The first-order chi connectivity index (χ1) is 5.69. The molecular weight excluding hydrogens is 159 g/mol. The molecule has 1 heterocycles. The van der Waals surface area contributed by atoms with Gasteiger partial charge in [0.25, 0.3) is 5.91 Å². The molecule has 1 rings (SSSR count). The molecule has 0 aromatic rings. The summed E-state index contributed by atoms with van der Waals surface area (Å²) in [5, 5.41) is 5.38. The second-order valence-corrected chi connectivity index (χ2v) is 3.11. The fourth-order valence-corrected chi connectivity index (χ4v) is 1.38. The standard InChI is InChI=1S/C8H15FN2O/c1-2-11-7(12)8(9)4-3-5-10-6-8/h10H,2-6H2,1H3,(H,11,12)/t8-/m0/s1. The summed E-state index contributed by atoms with van der Waals surface area (Å²) in [5.74, 6) is -0.475. The highest BCUT2D eigenvalue weighted by Gasteiger charge is 2.39. The van der Waals surface area contributed by atoms with Crippen LogP contribution >= 0.6 is 0 Å². The van der Waals surface area contributed by atoms with Gasteiger partial charge in [-0.15, -0.1) is 0 Å². The van der Waals surface area contributed by atoms with E-state index in [9.17, 15) is 9.18 Å². The Morgan fingerprint density at radius 1 is 1.75 bits per heavy atom. The van der Waals surface area contributed by atoms with Gasteiger partial charge in [0.05, 0.1) is 0 Å². The average Bonchev–Trinajstić information content (AvgIpc) is 2.06. The maximum Gasteiger partial charge on any atom is 0.259 e. The molecule has 0 aliphatic carbocycles. The van der Waals surface area contributed by atoms with Crippen molar-refractivity contribution < 1.29 is 9.18 Å². The Balaban J connectivity index is 2.50. The smallest absolute Gasteiger partial charge is 0.259 e. The predicted molar refractivity (Wildman–Crippen MR) is 44.6 cm³/mol. The molecule has 1 fully saturated rings. The number of hydrogen-bond donors (Lipinski definition) is 2. The SMILES string of the molecule is CCNC(=O)[C@]1(F)CCCNC1. The molecule has 2 N–H and O–H groups in total. The second kappa shape index (κ2) is 3.85. The lowest BCUT2D eigenvalue weighted by Gasteiger charge is -2.28. The molecule has 1 saturated heterocycles. The van der Waals surface area contributed by atoms with E-state index in [4.69, 9.17) is 0 Å². The zero-order valence-corrected chi connectivity index (χ0v) is 7.32. The highest BCUT2D eigenvalue weighted by Crippen LogP contribution is 2.20. The molecule has 0 radical (unpaired) electrons. The summed E-state index contributed by atoms with van der Waals surface area (Å²) in [7, 11) is 0. The van der Waals surface area contributed by atoms with Crippen molar-refractivity contribution in [2.45, 2.75) is 25.4 Å². The monoisotopic (exact) mass is 174 g/mol. The Morgan fingerprint density at radius 2 is 2.50 bits per heavy atom. The Kier molecular flexibility index (Phi) is 3.03. The van der Waals surface area contributed by atoms with E-state index >= 15 is 0 Å². The minimum Gasteiger partial charge on any atom is -0.354 e. The van der Waals surface area contributed by atoms with Crippen molar-refractivity contribution in [2.75, 3.05) is 19.6 Å². The summed E-state index contributed by atoms with van der Waals surface area (Å²) in [6.07, 6.45) is 1.07. The van der Waals surface area contributed by atoms with Gasteiger partial charge in [-0.3, -0.25) is 4.79 Å². The summed E-state index contributed by atoms with van der Waals surface area (Å²) in [6, 6.07) is 0. The van der Waals surface area contributed by atoms with Gasteiger partial charge in [-0.05, 0) is 26.3 Å². The number of amides is 1. The minimum atomic E-state index is -1.67. The first-order valence-electron chi connectivity index (χ1n) is 4.37. The third-order valence-corrected chi connectivity index (χ3v) is 2.08. The van der Waals surface area contributed by atoms with E-state index in [1.165, 1.54) is 0 Å². The number of halogens is 1. The lowest BCUT2D eigenvalue weighted by Crippen LogP contribution is -2.52. The van der Waals surface area contributed by atoms with Crippen LogP contribution in [0, 0.1) is 0 Å². The molecule has 70 valence electrons. The van der Waals surface area contributed by atoms with Crippen LogP contribution in [0.25, 0.3) is 0 Å². The number of carbonyl (C=O) groups is 1. The highest BCUT2D eigenvalue weighted by atomic mass is 19.1. The summed E-state index contributed by atoms with van der Waals surface area (Å²) >= 11 is 0. The number of piperidine rings is 1. The molecule has 1 aliphatic heterocycles. The van der Waals surface area contributed by atoms with Gasteiger partial charge in [0, 0.05) is 13.1 Å². The molecule has 0 bridgehead atoms. The molecule has 12 heavy (non-hydrogen) atoms. The van der Waals surface area contributed by atoms with Crippen LogP contribution < -0.4 is 10.6 Å². The molecule has 1 aliphatic rings. The molecule has 3 nitrogen and oxygen atoms in total. The average molecular weight is 174 g/mol. The third kappa shape index (κ3) is 1.94. The second-order valence-electron chi connectivity index (χ2n) is 3.11. The van der Waals surface area contributed by atoms with E-state index in [0.29, 0.717) is 13.0 Å². The lowest BCUT2D eigenvalue weighted by molar-refractivity contribution is -0.133. The normalized spacial score (nSPS) is 29.8. The fourth-order valence-electron chi connectivity index (χ4n) is 1.38. The molecule has 1 atom stereocenters. The molecule has 0 spiro atoms. The van der Waals surface area contributed by atoms with Crippen molar-refractivity contribution in [3.8, 4) is 0 Å². The maximum atomic E-state index is 13.7. The summed E-state index contributed by atoms with van der Waals surface area (Å²) < 4.78 is 13.7. The van der Waals surface area contributed by atoms with Gasteiger partial charge in [0.2, 0.25) is 5.67 Å². The number of hydrogen-bond acceptors (Lipinski definition) is 2. The Labute approximate surface area is 71.7 Å². The van der Waals surface area contributed by atoms with Gasteiger partial charge in [0.15, 0.2) is 0 Å². The molecule has 0 aromatic carbocycles. The molecular formula is C8H15FN2O. The lowest BCUT2D eigenvalue weighted by atomic mass is 9.95. The molecule has 0 saturated carbocycles. The van der Waals surface area contributed by atoms with Crippen LogP contribution in [0.3, 0.4) is 0 Å².